The molecule has 1 saturated heterocycles. The Morgan fingerprint density at radius 3 is 2.71 bits per heavy atom. The summed E-state index contributed by atoms with van der Waals surface area (Å²) in [5.74, 6) is 0.0446. The molecule has 1 fully saturated rings. The number of thiazole rings is 1. The molecule has 0 aliphatic carbocycles. The van der Waals surface area contributed by atoms with Gasteiger partial charge >= 0.3 is 0 Å². The summed E-state index contributed by atoms with van der Waals surface area (Å²) in [7, 11) is 0. The lowest BCUT2D eigenvalue weighted by atomic mass is 10.1. The molecule has 3 rings (SSSR count). The smallest absolute Gasteiger partial charge is 0.266 e. The molecular weight excluding hydrogens is 327 g/mol. The largest absolute Gasteiger partial charge is 0.370 e. The molecule has 128 valence electrons. The van der Waals surface area contributed by atoms with E-state index in [9.17, 15) is 9.18 Å². The lowest BCUT2D eigenvalue weighted by Crippen LogP contribution is -2.42. The van der Waals surface area contributed by atoms with Gasteiger partial charge in [-0.25, -0.2) is 9.37 Å². The predicted molar refractivity (Wildman–Crippen MR) is 91.9 cm³/mol. The van der Waals surface area contributed by atoms with Crippen molar-refractivity contribution in [2.75, 3.05) is 19.7 Å². The van der Waals surface area contributed by atoms with Gasteiger partial charge in [-0.1, -0.05) is 26.0 Å². The minimum atomic E-state index is -0.274. The van der Waals surface area contributed by atoms with Crippen molar-refractivity contribution in [2.24, 2.45) is 0 Å². The summed E-state index contributed by atoms with van der Waals surface area (Å²) in [5.41, 5.74) is 1.68. The maximum atomic E-state index is 13.1. The second kappa shape index (κ2) is 6.99. The number of carbonyl (C=O) groups excluding carboxylic acids is 1. The number of halogens is 1. The Morgan fingerprint density at radius 1 is 1.38 bits per heavy atom. The monoisotopic (exact) mass is 348 g/mol. The second-order valence-electron chi connectivity index (χ2n) is 6.28. The first kappa shape index (κ1) is 17.0. The number of ether oxygens (including phenoxy) is 1. The van der Waals surface area contributed by atoms with Crippen molar-refractivity contribution in [1.29, 1.82) is 0 Å². The number of morpholine rings is 1. The Hall–Kier alpha value is -1.79. The first-order valence-corrected chi connectivity index (χ1v) is 8.91. The summed E-state index contributed by atoms with van der Waals surface area (Å²) in [6.45, 7) is 7.54. The first-order valence-electron chi connectivity index (χ1n) is 8.09. The van der Waals surface area contributed by atoms with Crippen molar-refractivity contribution in [2.45, 2.75) is 32.8 Å². The normalized spacial score (nSPS) is 18.2. The molecule has 1 aromatic heterocycles. The van der Waals surface area contributed by atoms with Crippen molar-refractivity contribution in [3.05, 3.63) is 51.2 Å². The third-order valence-electron chi connectivity index (χ3n) is 4.10. The second-order valence-corrected chi connectivity index (χ2v) is 7.31. The van der Waals surface area contributed by atoms with Gasteiger partial charge in [-0.2, -0.15) is 0 Å². The number of hydrogen-bond acceptors (Lipinski definition) is 4. The molecule has 0 unspecified atom stereocenters. The number of nitrogens with zero attached hydrogens (tertiary/aromatic N) is 2. The van der Waals surface area contributed by atoms with Crippen LogP contribution >= 0.6 is 11.3 Å². The van der Waals surface area contributed by atoms with E-state index in [1.54, 1.807) is 12.1 Å². The van der Waals surface area contributed by atoms with Crippen LogP contribution in [0, 0.1) is 12.7 Å². The highest BCUT2D eigenvalue weighted by Crippen LogP contribution is 2.28. The van der Waals surface area contributed by atoms with Crippen molar-refractivity contribution in [3.8, 4) is 0 Å². The van der Waals surface area contributed by atoms with Gasteiger partial charge in [0, 0.05) is 12.5 Å². The highest BCUT2D eigenvalue weighted by molar-refractivity contribution is 7.13. The zero-order chi connectivity index (χ0) is 17.3. The number of rotatable bonds is 3. The van der Waals surface area contributed by atoms with Crippen LogP contribution < -0.4 is 0 Å². The minimum Gasteiger partial charge on any atom is -0.370 e. The predicted octanol–water partition coefficient (Wildman–Crippen LogP) is 3.93. The number of benzene rings is 1. The lowest BCUT2D eigenvalue weighted by Gasteiger charge is -2.33. The van der Waals surface area contributed by atoms with Crippen LogP contribution in [-0.2, 0) is 4.74 Å². The Bertz CT molecular complexity index is 727. The molecule has 4 nitrogen and oxygen atoms in total. The van der Waals surface area contributed by atoms with E-state index in [2.05, 4.69) is 18.8 Å². The number of aryl methyl sites for hydroxylation is 1. The van der Waals surface area contributed by atoms with Crippen LogP contribution in [0.2, 0.25) is 0 Å². The fourth-order valence-corrected chi connectivity index (χ4v) is 3.76. The van der Waals surface area contributed by atoms with Crippen LogP contribution in [0.4, 0.5) is 4.39 Å². The molecule has 0 saturated carbocycles. The molecule has 1 atom stereocenters. The standard InChI is InChI=1S/C18H21FN2O2S/c1-11(2)17-20-12(3)16(24-17)18(22)21-8-9-23-15(10-21)13-4-6-14(19)7-5-13/h4-7,11,15H,8-10H2,1-3H3/t15-/m1/s1. The van der Waals surface area contributed by atoms with Crippen molar-refractivity contribution in [1.82, 2.24) is 9.88 Å². The Morgan fingerprint density at radius 2 is 2.08 bits per heavy atom. The SMILES string of the molecule is Cc1nc(C(C)C)sc1C(=O)N1CCO[C@@H](c2ccc(F)cc2)C1. The molecule has 0 N–H and O–H groups in total. The Kier molecular flexibility index (Phi) is 4.96. The van der Waals surface area contributed by atoms with Gasteiger partial charge in [-0.3, -0.25) is 4.79 Å². The summed E-state index contributed by atoms with van der Waals surface area (Å²) in [5, 5.41) is 0.985. The quantitative estimate of drug-likeness (QED) is 0.844. The van der Waals surface area contributed by atoms with E-state index >= 15 is 0 Å². The van der Waals surface area contributed by atoms with Gasteiger partial charge in [0.2, 0.25) is 0 Å². The van der Waals surface area contributed by atoms with Crippen LogP contribution in [0.3, 0.4) is 0 Å². The van der Waals surface area contributed by atoms with E-state index < -0.39 is 0 Å². The topological polar surface area (TPSA) is 42.4 Å². The van der Waals surface area contributed by atoms with Gasteiger partial charge in [0.1, 0.15) is 16.8 Å². The Labute approximate surface area is 145 Å². The molecule has 0 spiro atoms. The van der Waals surface area contributed by atoms with E-state index in [-0.39, 0.29) is 17.8 Å². The number of aromatic nitrogens is 1. The molecule has 1 aliphatic heterocycles. The zero-order valence-corrected chi connectivity index (χ0v) is 14.9. The fourth-order valence-electron chi connectivity index (χ4n) is 2.72. The summed E-state index contributed by atoms with van der Waals surface area (Å²) in [6, 6.07) is 6.26. The van der Waals surface area contributed by atoms with E-state index in [1.807, 2.05) is 11.8 Å². The van der Waals surface area contributed by atoms with Crippen molar-refractivity contribution < 1.29 is 13.9 Å². The number of carbonyl (C=O) groups is 1. The first-order chi connectivity index (χ1) is 11.5. The van der Waals surface area contributed by atoms with E-state index in [0.717, 1.165) is 16.3 Å². The number of hydrogen-bond donors (Lipinski definition) is 0. The maximum Gasteiger partial charge on any atom is 0.266 e. The van der Waals surface area contributed by atoms with Crippen LogP contribution in [0.1, 0.15) is 51.8 Å². The lowest BCUT2D eigenvalue weighted by molar-refractivity contribution is -0.0227. The molecule has 1 amide bonds. The average Bonchev–Trinajstić information content (AvgIpc) is 2.97. The molecule has 24 heavy (non-hydrogen) atoms. The average molecular weight is 348 g/mol. The highest BCUT2D eigenvalue weighted by Gasteiger charge is 2.28. The van der Waals surface area contributed by atoms with Crippen LogP contribution in [0.15, 0.2) is 24.3 Å². The van der Waals surface area contributed by atoms with Gasteiger partial charge in [-0.15, -0.1) is 11.3 Å². The van der Waals surface area contributed by atoms with Crippen LogP contribution in [-0.4, -0.2) is 35.5 Å². The van der Waals surface area contributed by atoms with Gasteiger partial charge in [0.25, 0.3) is 5.91 Å². The molecule has 0 radical (unpaired) electrons. The van der Waals surface area contributed by atoms with Crippen LogP contribution in [0.25, 0.3) is 0 Å². The molecule has 0 bridgehead atoms. The Balaban J connectivity index is 1.77. The molecule has 2 heterocycles. The zero-order valence-electron chi connectivity index (χ0n) is 14.1. The summed E-state index contributed by atoms with van der Waals surface area (Å²) in [6.07, 6.45) is -0.221. The summed E-state index contributed by atoms with van der Waals surface area (Å²) >= 11 is 1.48. The third kappa shape index (κ3) is 3.49. The molecule has 1 aliphatic rings. The molecule has 6 heteroatoms. The van der Waals surface area contributed by atoms with Gasteiger partial charge in [0.05, 0.1) is 23.9 Å². The molecule has 2 aromatic rings. The van der Waals surface area contributed by atoms with Crippen molar-refractivity contribution >= 4 is 17.2 Å². The van der Waals surface area contributed by atoms with Crippen molar-refractivity contribution in [3.63, 3.8) is 0 Å². The van der Waals surface area contributed by atoms with E-state index in [0.29, 0.717) is 30.5 Å². The highest BCUT2D eigenvalue weighted by atomic mass is 32.1. The van der Waals surface area contributed by atoms with E-state index in [1.165, 1.54) is 23.5 Å². The molecule has 1 aromatic carbocycles. The number of amides is 1. The molecular formula is C18H21FN2O2S. The van der Waals surface area contributed by atoms with Gasteiger partial charge in [0.15, 0.2) is 0 Å². The summed E-state index contributed by atoms with van der Waals surface area (Å²) < 4.78 is 18.8. The van der Waals surface area contributed by atoms with Gasteiger partial charge in [-0.05, 0) is 24.6 Å². The minimum absolute atomic E-state index is 0.00677. The summed E-state index contributed by atoms with van der Waals surface area (Å²) in [4.78, 5) is 19.9. The third-order valence-corrected chi connectivity index (χ3v) is 5.54. The fraction of sp³-hybridized carbons (Fsp3) is 0.444. The van der Waals surface area contributed by atoms with E-state index in [4.69, 9.17) is 4.74 Å². The van der Waals surface area contributed by atoms with Gasteiger partial charge < -0.3 is 9.64 Å². The maximum absolute atomic E-state index is 13.1. The van der Waals surface area contributed by atoms with Crippen LogP contribution in [0.5, 0.6) is 0 Å².